The number of para-hydroxylation sites is 1. The minimum atomic E-state index is -3.67. The van der Waals surface area contributed by atoms with E-state index in [0.717, 1.165) is 0 Å². The number of nitrogens with zero attached hydrogens (tertiary/aromatic N) is 4. The number of carbonyl (C=O) groups excluding carboxylic acids is 1. The molecule has 0 spiro atoms. The Morgan fingerprint density at radius 3 is 2.62 bits per heavy atom. The van der Waals surface area contributed by atoms with E-state index < -0.39 is 15.9 Å². The first kappa shape index (κ1) is 16.8. The number of morpholine rings is 1. The first-order chi connectivity index (χ1) is 12.6. The number of benzene rings is 2. The molecule has 3 aromatic rings. The highest BCUT2D eigenvalue weighted by Gasteiger charge is 2.27. The largest absolute Gasteiger partial charge is 0.379 e. The van der Waals surface area contributed by atoms with Gasteiger partial charge in [0.15, 0.2) is 0 Å². The van der Waals surface area contributed by atoms with Crippen molar-refractivity contribution < 1.29 is 17.9 Å². The molecule has 0 radical (unpaired) electrons. The number of rotatable bonds is 3. The molecule has 9 heteroatoms. The molecular formula is C17H16N4O4S. The molecule has 1 aliphatic rings. The number of hydrogen-bond acceptors (Lipinski definition) is 6. The van der Waals surface area contributed by atoms with Crippen LogP contribution in [-0.2, 0) is 14.8 Å². The molecule has 0 amide bonds. The molecule has 0 aliphatic carbocycles. The average Bonchev–Trinajstić information content (AvgIpc) is 3.12. The maximum absolute atomic E-state index is 12.8. The van der Waals surface area contributed by atoms with Crippen LogP contribution < -0.4 is 0 Å². The second-order valence-electron chi connectivity index (χ2n) is 5.84. The SMILES string of the molecule is O=C(c1cccc(S(=O)(=O)N2CCOCC2)c1)n1nnc2ccccc21. The number of carbonyl (C=O) groups is 1. The van der Waals surface area contributed by atoms with Gasteiger partial charge in [0, 0.05) is 18.7 Å². The Balaban J connectivity index is 1.70. The summed E-state index contributed by atoms with van der Waals surface area (Å²) in [5.74, 6) is -0.433. The van der Waals surface area contributed by atoms with E-state index in [1.54, 1.807) is 36.4 Å². The third-order valence-electron chi connectivity index (χ3n) is 4.23. The number of aromatic nitrogens is 3. The predicted molar refractivity (Wildman–Crippen MR) is 93.3 cm³/mol. The predicted octanol–water partition coefficient (Wildman–Crippen LogP) is 1.14. The quantitative estimate of drug-likeness (QED) is 0.684. The van der Waals surface area contributed by atoms with Crippen LogP contribution in [0.15, 0.2) is 53.4 Å². The second kappa shape index (κ2) is 6.60. The Hall–Kier alpha value is -2.62. The molecule has 0 unspecified atom stereocenters. The van der Waals surface area contributed by atoms with Gasteiger partial charge in [-0.2, -0.15) is 8.99 Å². The summed E-state index contributed by atoms with van der Waals surface area (Å²) in [5, 5.41) is 7.86. The molecule has 26 heavy (non-hydrogen) atoms. The molecule has 0 saturated carbocycles. The van der Waals surface area contributed by atoms with Gasteiger partial charge in [-0.05, 0) is 30.3 Å². The maximum Gasteiger partial charge on any atom is 0.280 e. The summed E-state index contributed by atoms with van der Waals surface area (Å²) in [6.07, 6.45) is 0. The topological polar surface area (TPSA) is 94.4 Å². The molecule has 8 nitrogen and oxygen atoms in total. The molecule has 1 aliphatic heterocycles. The van der Waals surface area contributed by atoms with E-state index in [4.69, 9.17) is 4.74 Å². The lowest BCUT2D eigenvalue weighted by atomic mass is 10.2. The van der Waals surface area contributed by atoms with Gasteiger partial charge in [-0.3, -0.25) is 4.79 Å². The fourth-order valence-electron chi connectivity index (χ4n) is 2.87. The van der Waals surface area contributed by atoms with Crippen LogP contribution in [0.25, 0.3) is 11.0 Å². The minimum Gasteiger partial charge on any atom is -0.379 e. The highest BCUT2D eigenvalue weighted by Crippen LogP contribution is 2.20. The maximum atomic E-state index is 12.8. The lowest BCUT2D eigenvalue weighted by molar-refractivity contribution is 0.0730. The third-order valence-corrected chi connectivity index (χ3v) is 6.13. The molecule has 0 N–H and O–H groups in total. The van der Waals surface area contributed by atoms with Crippen LogP contribution in [0.1, 0.15) is 10.4 Å². The number of sulfonamides is 1. The summed E-state index contributed by atoms with van der Waals surface area (Å²) in [6.45, 7) is 1.33. The third kappa shape index (κ3) is 2.90. The molecule has 2 heterocycles. The van der Waals surface area contributed by atoms with Crippen molar-refractivity contribution in [2.45, 2.75) is 4.90 Å². The fourth-order valence-corrected chi connectivity index (χ4v) is 4.32. The zero-order valence-corrected chi connectivity index (χ0v) is 14.6. The zero-order valence-electron chi connectivity index (χ0n) is 13.8. The van der Waals surface area contributed by atoms with Crippen LogP contribution in [0.4, 0.5) is 0 Å². The van der Waals surface area contributed by atoms with Gasteiger partial charge in [-0.25, -0.2) is 8.42 Å². The summed E-state index contributed by atoms with van der Waals surface area (Å²) >= 11 is 0. The van der Waals surface area contributed by atoms with Gasteiger partial charge < -0.3 is 4.74 Å². The summed E-state index contributed by atoms with van der Waals surface area (Å²) in [4.78, 5) is 12.9. The van der Waals surface area contributed by atoms with E-state index in [2.05, 4.69) is 10.3 Å². The summed E-state index contributed by atoms with van der Waals surface area (Å²) in [6, 6.07) is 13.1. The van der Waals surface area contributed by atoms with E-state index in [9.17, 15) is 13.2 Å². The highest BCUT2D eigenvalue weighted by molar-refractivity contribution is 7.89. The molecule has 134 valence electrons. The average molecular weight is 372 g/mol. The van der Waals surface area contributed by atoms with Crippen molar-refractivity contribution in [3.05, 3.63) is 54.1 Å². The van der Waals surface area contributed by atoms with Crippen molar-refractivity contribution >= 4 is 27.0 Å². The monoisotopic (exact) mass is 372 g/mol. The van der Waals surface area contributed by atoms with Gasteiger partial charge in [-0.1, -0.05) is 23.4 Å². The van der Waals surface area contributed by atoms with Gasteiger partial charge >= 0.3 is 0 Å². The fraction of sp³-hybridized carbons (Fsp3) is 0.235. The van der Waals surface area contributed by atoms with Crippen LogP contribution in [0.2, 0.25) is 0 Å². The Bertz CT molecular complexity index is 1070. The van der Waals surface area contributed by atoms with E-state index in [1.165, 1.54) is 21.1 Å². The van der Waals surface area contributed by atoms with E-state index in [-0.39, 0.29) is 10.5 Å². The van der Waals surface area contributed by atoms with Gasteiger partial charge in [0.05, 0.1) is 23.6 Å². The van der Waals surface area contributed by atoms with E-state index in [1.807, 2.05) is 0 Å². The van der Waals surface area contributed by atoms with Crippen LogP contribution in [0.5, 0.6) is 0 Å². The lowest BCUT2D eigenvalue weighted by Gasteiger charge is -2.26. The van der Waals surface area contributed by atoms with Crippen LogP contribution in [0, 0.1) is 0 Å². The van der Waals surface area contributed by atoms with Crippen molar-refractivity contribution in [1.82, 2.24) is 19.3 Å². The van der Waals surface area contributed by atoms with Crippen molar-refractivity contribution in [2.24, 2.45) is 0 Å². The normalized spacial score (nSPS) is 16.0. The van der Waals surface area contributed by atoms with Crippen molar-refractivity contribution in [1.29, 1.82) is 0 Å². The number of ether oxygens (including phenoxy) is 1. The Morgan fingerprint density at radius 2 is 1.81 bits per heavy atom. The first-order valence-corrected chi connectivity index (χ1v) is 9.54. The second-order valence-corrected chi connectivity index (χ2v) is 7.78. The summed E-state index contributed by atoms with van der Waals surface area (Å²) in [5.41, 5.74) is 1.40. The Morgan fingerprint density at radius 1 is 1.04 bits per heavy atom. The van der Waals surface area contributed by atoms with Crippen LogP contribution in [0.3, 0.4) is 0 Å². The van der Waals surface area contributed by atoms with E-state index >= 15 is 0 Å². The molecule has 1 aromatic heterocycles. The number of fused-ring (bicyclic) bond motifs is 1. The number of hydrogen-bond donors (Lipinski definition) is 0. The standard InChI is InChI=1S/C17H16N4O4S/c22-17(21-16-7-2-1-6-15(16)18-19-21)13-4-3-5-14(12-13)26(23,24)20-8-10-25-11-9-20/h1-7,12H,8-11H2. The van der Waals surface area contributed by atoms with Crippen LogP contribution >= 0.6 is 0 Å². The summed E-state index contributed by atoms with van der Waals surface area (Å²) < 4.78 is 33.3. The van der Waals surface area contributed by atoms with E-state index in [0.29, 0.717) is 37.3 Å². The van der Waals surface area contributed by atoms with Crippen LogP contribution in [-0.4, -0.2) is 59.9 Å². The molecule has 1 fully saturated rings. The Kier molecular flexibility index (Phi) is 4.27. The molecule has 2 aromatic carbocycles. The van der Waals surface area contributed by atoms with Crippen molar-refractivity contribution in [3.8, 4) is 0 Å². The molecule has 0 bridgehead atoms. The first-order valence-electron chi connectivity index (χ1n) is 8.10. The van der Waals surface area contributed by atoms with Crippen molar-refractivity contribution in [3.63, 3.8) is 0 Å². The molecule has 4 rings (SSSR count). The van der Waals surface area contributed by atoms with Crippen molar-refractivity contribution in [2.75, 3.05) is 26.3 Å². The molecule has 0 atom stereocenters. The van der Waals surface area contributed by atoms with Gasteiger partial charge in [0.2, 0.25) is 10.0 Å². The smallest absolute Gasteiger partial charge is 0.280 e. The van der Waals surface area contributed by atoms with Gasteiger partial charge in [0.25, 0.3) is 5.91 Å². The lowest BCUT2D eigenvalue weighted by Crippen LogP contribution is -2.40. The molecular weight excluding hydrogens is 356 g/mol. The zero-order chi connectivity index (χ0) is 18.1. The van der Waals surface area contributed by atoms with Gasteiger partial charge in [0.1, 0.15) is 5.52 Å². The minimum absolute atomic E-state index is 0.0784. The highest BCUT2D eigenvalue weighted by atomic mass is 32.2. The molecule has 1 saturated heterocycles. The van der Waals surface area contributed by atoms with Gasteiger partial charge in [-0.15, -0.1) is 5.10 Å². The summed E-state index contributed by atoms with van der Waals surface area (Å²) in [7, 11) is -3.67. The Labute approximate surface area is 150 Å².